The van der Waals surface area contributed by atoms with Gasteiger partial charge in [0.25, 0.3) is 5.91 Å². The first-order valence-electron chi connectivity index (χ1n) is 7.02. The van der Waals surface area contributed by atoms with E-state index >= 15 is 0 Å². The normalized spacial score (nSPS) is 14.4. The topological polar surface area (TPSA) is 80.0 Å². The van der Waals surface area contributed by atoms with Crippen molar-refractivity contribution in [2.45, 2.75) is 33.3 Å². The number of nitrogens with one attached hydrogen (secondary N) is 1. The second kappa shape index (κ2) is 5.44. The summed E-state index contributed by atoms with van der Waals surface area (Å²) in [5, 5.41) is 18.1. The van der Waals surface area contributed by atoms with Crippen LogP contribution in [0.5, 0.6) is 0 Å². The van der Waals surface area contributed by atoms with Gasteiger partial charge in [0.05, 0.1) is 16.9 Å². The molecule has 2 aromatic rings. The van der Waals surface area contributed by atoms with E-state index in [1.807, 2.05) is 27.8 Å². The highest BCUT2D eigenvalue weighted by Crippen LogP contribution is 2.17. The molecular weight excluding hydrogens is 268 g/mol. The summed E-state index contributed by atoms with van der Waals surface area (Å²) < 4.78 is 1.69. The number of carbonyl (C=O) groups is 1. The number of aryl methyl sites for hydroxylation is 2. The lowest BCUT2D eigenvalue weighted by atomic mass is 9.92. The predicted octanol–water partition coefficient (Wildman–Crippen LogP) is 1.41. The molecule has 0 radical (unpaired) electrons. The Bertz CT molecular complexity index is 674. The van der Waals surface area contributed by atoms with Gasteiger partial charge in [0.2, 0.25) is 0 Å². The fraction of sp³-hybridized carbons (Fsp3) is 0.533. The summed E-state index contributed by atoms with van der Waals surface area (Å²) in [5.41, 5.74) is 1.12. The number of hydrogen-bond donors (Lipinski definition) is 2. The van der Waals surface area contributed by atoms with E-state index in [9.17, 15) is 9.90 Å². The van der Waals surface area contributed by atoms with Crippen LogP contribution in [0.1, 0.15) is 36.8 Å². The third-order valence-corrected chi connectivity index (χ3v) is 3.98. The minimum absolute atomic E-state index is 0.0546. The lowest BCUT2D eigenvalue weighted by Gasteiger charge is -2.27. The highest BCUT2D eigenvalue weighted by atomic mass is 16.3. The molecule has 6 heteroatoms. The van der Waals surface area contributed by atoms with Crippen molar-refractivity contribution in [2.75, 3.05) is 6.54 Å². The zero-order chi connectivity index (χ0) is 15.8. The Labute approximate surface area is 124 Å². The maximum Gasteiger partial charge on any atom is 0.252 e. The van der Waals surface area contributed by atoms with Crippen molar-refractivity contribution >= 4 is 16.9 Å². The minimum Gasteiger partial charge on any atom is -0.388 e. The van der Waals surface area contributed by atoms with E-state index in [2.05, 4.69) is 15.4 Å². The molecule has 1 unspecified atom stereocenters. The van der Waals surface area contributed by atoms with Gasteiger partial charge < -0.3 is 10.4 Å². The van der Waals surface area contributed by atoms with Gasteiger partial charge >= 0.3 is 0 Å². The number of rotatable bonds is 4. The van der Waals surface area contributed by atoms with E-state index in [0.717, 1.165) is 16.7 Å². The van der Waals surface area contributed by atoms with Gasteiger partial charge in [-0.25, -0.2) is 4.98 Å². The number of fused-ring (bicyclic) bond motifs is 1. The molecular formula is C15H22N4O2. The van der Waals surface area contributed by atoms with E-state index in [0.29, 0.717) is 5.56 Å². The van der Waals surface area contributed by atoms with Gasteiger partial charge in [0.15, 0.2) is 5.65 Å². The van der Waals surface area contributed by atoms with Crippen molar-refractivity contribution in [3.05, 3.63) is 23.5 Å². The van der Waals surface area contributed by atoms with E-state index in [4.69, 9.17) is 0 Å². The van der Waals surface area contributed by atoms with E-state index in [1.165, 1.54) is 6.20 Å². The van der Waals surface area contributed by atoms with Crippen molar-refractivity contribution in [3.63, 3.8) is 0 Å². The Morgan fingerprint density at radius 1 is 1.52 bits per heavy atom. The standard InChI is InChI=1S/C15H22N4O2/c1-9(2)15(4,21)8-17-14(20)11-6-12-10(3)18-19(5)13(12)16-7-11/h6-7,9,21H,8H2,1-5H3,(H,17,20). The first-order valence-corrected chi connectivity index (χ1v) is 7.02. The Hall–Kier alpha value is -1.95. The monoisotopic (exact) mass is 290 g/mol. The zero-order valence-corrected chi connectivity index (χ0v) is 13.1. The fourth-order valence-corrected chi connectivity index (χ4v) is 2.00. The molecule has 0 saturated heterocycles. The molecule has 0 aliphatic rings. The molecule has 2 N–H and O–H groups in total. The smallest absolute Gasteiger partial charge is 0.252 e. The van der Waals surface area contributed by atoms with Crippen LogP contribution in [0.4, 0.5) is 0 Å². The first-order chi connectivity index (χ1) is 9.72. The zero-order valence-electron chi connectivity index (χ0n) is 13.1. The fourth-order valence-electron chi connectivity index (χ4n) is 2.00. The van der Waals surface area contributed by atoms with Crippen LogP contribution < -0.4 is 5.32 Å². The number of amides is 1. The summed E-state index contributed by atoms with van der Waals surface area (Å²) in [6.07, 6.45) is 1.53. The van der Waals surface area contributed by atoms with Crippen LogP contribution in [0.3, 0.4) is 0 Å². The van der Waals surface area contributed by atoms with Crippen LogP contribution in [0.15, 0.2) is 12.3 Å². The molecule has 2 rings (SSSR count). The number of aromatic nitrogens is 3. The number of nitrogens with zero attached hydrogens (tertiary/aromatic N) is 3. The molecule has 0 aliphatic carbocycles. The number of pyridine rings is 1. The molecule has 1 amide bonds. The molecule has 21 heavy (non-hydrogen) atoms. The molecule has 0 fully saturated rings. The SMILES string of the molecule is Cc1nn(C)c2ncc(C(=O)NCC(C)(O)C(C)C)cc12. The second-order valence-electron chi connectivity index (χ2n) is 6.00. The Morgan fingerprint density at radius 3 is 2.81 bits per heavy atom. The molecule has 2 aromatic heterocycles. The van der Waals surface area contributed by atoms with Crippen molar-refractivity contribution in [3.8, 4) is 0 Å². The highest BCUT2D eigenvalue weighted by Gasteiger charge is 2.25. The van der Waals surface area contributed by atoms with Crippen LogP contribution in [0, 0.1) is 12.8 Å². The molecule has 2 heterocycles. The van der Waals surface area contributed by atoms with Crippen LogP contribution >= 0.6 is 0 Å². The molecule has 0 saturated carbocycles. The minimum atomic E-state index is -0.933. The van der Waals surface area contributed by atoms with Crippen molar-refractivity contribution < 1.29 is 9.90 Å². The van der Waals surface area contributed by atoms with Crippen LogP contribution in [-0.4, -0.2) is 37.9 Å². The molecule has 114 valence electrons. The maximum atomic E-state index is 12.2. The summed E-state index contributed by atoms with van der Waals surface area (Å²) in [6.45, 7) is 7.63. The Morgan fingerprint density at radius 2 is 2.19 bits per heavy atom. The third kappa shape index (κ3) is 3.05. The number of hydrogen-bond acceptors (Lipinski definition) is 4. The summed E-state index contributed by atoms with van der Waals surface area (Å²) in [6, 6.07) is 1.78. The quantitative estimate of drug-likeness (QED) is 0.892. The third-order valence-electron chi connectivity index (χ3n) is 3.98. The van der Waals surface area contributed by atoms with Gasteiger partial charge in [-0.15, -0.1) is 0 Å². The van der Waals surface area contributed by atoms with Crippen molar-refractivity contribution in [2.24, 2.45) is 13.0 Å². The average Bonchev–Trinajstić information content (AvgIpc) is 2.71. The lowest BCUT2D eigenvalue weighted by molar-refractivity contribution is 0.0142. The van der Waals surface area contributed by atoms with Crippen molar-refractivity contribution in [1.29, 1.82) is 0 Å². The van der Waals surface area contributed by atoms with Gasteiger partial charge in [0, 0.05) is 25.2 Å². The summed E-state index contributed by atoms with van der Waals surface area (Å²) in [7, 11) is 1.82. The van der Waals surface area contributed by atoms with Crippen molar-refractivity contribution in [1.82, 2.24) is 20.1 Å². The highest BCUT2D eigenvalue weighted by molar-refractivity contribution is 5.97. The lowest BCUT2D eigenvalue weighted by Crippen LogP contribution is -2.44. The van der Waals surface area contributed by atoms with E-state index < -0.39 is 5.60 Å². The first kappa shape index (κ1) is 15.4. The van der Waals surface area contributed by atoms with Crippen LogP contribution in [0.2, 0.25) is 0 Å². The maximum absolute atomic E-state index is 12.2. The van der Waals surface area contributed by atoms with Gasteiger partial charge in [0.1, 0.15) is 0 Å². The van der Waals surface area contributed by atoms with Gasteiger partial charge in [-0.1, -0.05) is 13.8 Å². The van der Waals surface area contributed by atoms with Gasteiger partial charge in [-0.3, -0.25) is 9.48 Å². The molecule has 0 bridgehead atoms. The van der Waals surface area contributed by atoms with Gasteiger partial charge in [-0.05, 0) is 25.8 Å². The summed E-state index contributed by atoms with van der Waals surface area (Å²) in [4.78, 5) is 16.5. The molecule has 1 atom stereocenters. The summed E-state index contributed by atoms with van der Waals surface area (Å²) >= 11 is 0. The Balaban J connectivity index is 2.18. The van der Waals surface area contributed by atoms with Crippen LogP contribution in [-0.2, 0) is 7.05 Å². The largest absolute Gasteiger partial charge is 0.388 e. The predicted molar refractivity (Wildman–Crippen MR) is 81.0 cm³/mol. The average molecular weight is 290 g/mol. The Kier molecular flexibility index (Phi) is 4.00. The second-order valence-corrected chi connectivity index (χ2v) is 6.00. The van der Waals surface area contributed by atoms with E-state index in [-0.39, 0.29) is 18.4 Å². The molecule has 0 spiro atoms. The molecule has 0 aliphatic heterocycles. The van der Waals surface area contributed by atoms with Crippen LogP contribution in [0.25, 0.3) is 11.0 Å². The number of carbonyl (C=O) groups excluding carboxylic acids is 1. The summed E-state index contributed by atoms with van der Waals surface area (Å²) in [5.74, 6) is -0.187. The number of aliphatic hydroxyl groups is 1. The van der Waals surface area contributed by atoms with Gasteiger partial charge in [-0.2, -0.15) is 5.10 Å². The molecule has 0 aromatic carbocycles. The van der Waals surface area contributed by atoms with E-state index in [1.54, 1.807) is 17.7 Å². The molecule has 6 nitrogen and oxygen atoms in total.